The lowest BCUT2D eigenvalue weighted by atomic mass is 10.1. The van der Waals surface area contributed by atoms with Crippen LogP contribution in [0.5, 0.6) is 0 Å². The number of ether oxygens (including phenoxy) is 1. The summed E-state index contributed by atoms with van der Waals surface area (Å²) in [6.45, 7) is 3.53. The summed E-state index contributed by atoms with van der Waals surface area (Å²) >= 11 is 0. The van der Waals surface area contributed by atoms with Gasteiger partial charge >= 0.3 is 6.18 Å². The molecule has 2 aliphatic heterocycles. The Kier molecular flexibility index (Phi) is 5.11. The maximum Gasteiger partial charge on any atom is 0.401 e. The first-order chi connectivity index (χ1) is 9.76. The molecule has 0 aromatic rings. The second-order valence-corrected chi connectivity index (χ2v) is 5.84. The lowest BCUT2D eigenvalue weighted by molar-refractivity contribution is -0.162. The van der Waals surface area contributed by atoms with Crippen molar-refractivity contribution in [3.8, 4) is 0 Å². The monoisotopic (exact) mass is 309 g/mol. The van der Waals surface area contributed by atoms with Gasteiger partial charge in [0.15, 0.2) is 0 Å². The highest BCUT2D eigenvalue weighted by Gasteiger charge is 2.37. The molecule has 0 aromatic heterocycles. The number of amides is 1. The summed E-state index contributed by atoms with van der Waals surface area (Å²) in [5, 5.41) is 0. The molecule has 0 unspecified atom stereocenters. The van der Waals surface area contributed by atoms with Gasteiger partial charge in [-0.05, 0) is 14.0 Å². The summed E-state index contributed by atoms with van der Waals surface area (Å²) in [6.07, 6.45) is -4.69. The van der Waals surface area contributed by atoms with Crippen LogP contribution in [0.2, 0.25) is 0 Å². The van der Waals surface area contributed by atoms with E-state index in [4.69, 9.17) is 4.74 Å². The van der Waals surface area contributed by atoms with Crippen LogP contribution in [0, 0.1) is 0 Å². The van der Waals surface area contributed by atoms with E-state index < -0.39 is 18.8 Å². The third-order valence-corrected chi connectivity index (χ3v) is 4.00. The van der Waals surface area contributed by atoms with Gasteiger partial charge in [0.1, 0.15) is 6.10 Å². The Labute approximate surface area is 122 Å². The summed E-state index contributed by atoms with van der Waals surface area (Å²) < 4.78 is 42.8. The number of rotatable bonds is 2. The van der Waals surface area contributed by atoms with Gasteiger partial charge in [-0.15, -0.1) is 0 Å². The smallest absolute Gasteiger partial charge is 0.366 e. The molecule has 0 saturated carbocycles. The van der Waals surface area contributed by atoms with Crippen LogP contribution < -0.4 is 0 Å². The number of piperazine rings is 1. The predicted octanol–water partition coefficient (Wildman–Crippen LogP) is 0.412. The van der Waals surface area contributed by atoms with Gasteiger partial charge in [0.05, 0.1) is 13.2 Å². The van der Waals surface area contributed by atoms with Crippen molar-refractivity contribution in [3.63, 3.8) is 0 Å². The molecule has 8 heteroatoms. The normalized spacial score (nSPS) is 29.7. The second-order valence-electron chi connectivity index (χ2n) is 5.84. The van der Waals surface area contributed by atoms with E-state index in [1.807, 2.05) is 11.9 Å². The van der Waals surface area contributed by atoms with Crippen molar-refractivity contribution in [1.29, 1.82) is 0 Å². The zero-order chi connectivity index (χ0) is 15.6. The molecule has 2 rings (SSSR count). The molecule has 2 saturated heterocycles. The maximum absolute atomic E-state index is 12.5. The van der Waals surface area contributed by atoms with E-state index in [9.17, 15) is 18.0 Å². The molecule has 2 aliphatic rings. The number of morpholine rings is 1. The fourth-order valence-corrected chi connectivity index (χ4v) is 2.79. The summed E-state index contributed by atoms with van der Waals surface area (Å²) in [4.78, 5) is 17.4. The first-order valence-electron chi connectivity index (χ1n) is 7.16. The molecule has 0 bridgehead atoms. The SMILES string of the molecule is C[C@@H]1CN(C(=O)[C@@H]2CN(C)CCO2)CCN1CC(F)(F)F. The van der Waals surface area contributed by atoms with Gasteiger partial charge in [-0.1, -0.05) is 0 Å². The number of nitrogens with zero attached hydrogens (tertiary/aromatic N) is 3. The third-order valence-electron chi connectivity index (χ3n) is 4.00. The number of hydrogen-bond donors (Lipinski definition) is 0. The molecule has 0 radical (unpaired) electrons. The van der Waals surface area contributed by atoms with E-state index >= 15 is 0 Å². The standard InChI is InChI=1S/C13H22F3N3O2/c1-10-7-18(3-4-19(10)9-13(14,15)16)12(20)11-8-17(2)5-6-21-11/h10-11H,3-9H2,1-2H3/t10-,11+/m1/s1. The molecule has 0 N–H and O–H groups in total. The zero-order valence-corrected chi connectivity index (χ0v) is 12.4. The van der Waals surface area contributed by atoms with Gasteiger partial charge in [-0.25, -0.2) is 0 Å². The molecule has 21 heavy (non-hydrogen) atoms. The van der Waals surface area contributed by atoms with E-state index in [-0.39, 0.29) is 18.5 Å². The lowest BCUT2D eigenvalue weighted by Crippen LogP contribution is -2.59. The molecular formula is C13H22F3N3O2. The predicted molar refractivity (Wildman–Crippen MR) is 70.9 cm³/mol. The van der Waals surface area contributed by atoms with E-state index in [1.165, 1.54) is 4.90 Å². The Morgan fingerprint density at radius 3 is 2.52 bits per heavy atom. The van der Waals surface area contributed by atoms with Gasteiger partial charge in [0.25, 0.3) is 5.91 Å². The second kappa shape index (κ2) is 6.50. The quantitative estimate of drug-likeness (QED) is 0.740. The molecule has 2 heterocycles. The van der Waals surface area contributed by atoms with Crippen molar-refractivity contribution >= 4 is 5.91 Å². The van der Waals surface area contributed by atoms with Crippen molar-refractivity contribution in [2.24, 2.45) is 0 Å². The minimum atomic E-state index is -4.20. The number of alkyl halides is 3. The van der Waals surface area contributed by atoms with Gasteiger partial charge in [0, 0.05) is 38.8 Å². The molecule has 0 spiro atoms. The number of hydrogen-bond acceptors (Lipinski definition) is 4. The Hall–Kier alpha value is -0.860. The van der Waals surface area contributed by atoms with Crippen molar-refractivity contribution in [3.05, 3.63) is 0 Å². The Morgan fingerprint density at radius 1 is 1.24 bits per heavy atom. The molecule has 5 nitrogen and oxygen atoms in total. The molecule has 1 amide bonds. The van der Waals surface area contributed by atoms with Crippen LogP contribution in [0.1, 0.15) is 6.92 Å². The van der Waals surface area contributed by atoms with Crippen LogP contribution in [-0.4, -0.2) is 91.9 Å². The van der Waals surface area contributed by atoms with Gasteiger partial charge in [-0.3, -0.25) is 9.69 Å². The van der Waals surface area contributed by atoms with Gasteiger partial charge in [-0.2, -0.15) is 13.2 Å². The highest BCUT2D eigenvalue weighted by atomic mass is 19.4. The topological polar surface area (TPSA) is 36.0 Å². The Balaban J connectivity index is 1.88. The lowest BCUT2D eigenvalue weighted by Gasteiger charge is -2.42. The largest absolute Gasteiger partial charge is 0.401 e. The fourth-order valence-electron chi connectivity index (χ4n) is 2.79. The van der Waals surface area contributed by atoms with Crippen LogP contribution in [0.25, 0.3) is 0 Å². The zero-order valence-electron chi connectivity index (χ0n) is 12.4. The van der Waals surface area contributed by atoms with E-state index in [2.05, 4.69) is 0 Å². The first kappa shape index (κ1) is 16.5. The van der Waals surface area contributed by atoms with Crippen LogP contribution >= 0.6 is 0 Å². The number of likely N-dealkylation sites (N-methyl/N-ethyl adjacent to an activating group) is 1. The molecule has 2 fully saturated rings. The van der Waals surface area contributed by atoms with Gasteiger partial charge in [0.2, 0.25) is 0 Å². The summed E-state index contributed by atoms with van der Waals surface area (Å²) in [5.74, 6) is -0.111. The van der Waals surface area contributed by atoms with Crippen molar-refractivity contribution < 1.29 is 22.7 Å². The Bertz CT molecular complexity index is 378. The molecule has 2 atom stereocenters. The minimum Gasteiger partial charge on any atom is -0.366 e. The average molecular weight is 309 g/mol. The summed E-state index contributed by atoms with van der Waals surface area (Å²) in [7, 11) is 1.92. The number of halogens is 3. The van der Waals surface area contributed by atoms with Crippen molar-refractivity contribution in [1.82, 2.24) is 14.7 Å². The van der Waals surface area contributed by atoms with Crippen LogP contribution in [0.3, 0.4) is 0 Å². The minimum absolute atomic E-state index is 0.111. The molecular weight excluding hydrogens is 287 g/mol. The van der Waals surface area contributed by atoms with E-state index in [0.717, 1.165) is 6.54 Å². The van der Waals surface area contributed by atoms with Crippen LogP contribution in [0.4, 0.5) is 13.2 Å². The fraction of sp³-hybridized carbons (Fsp3) is 0.923. The number of carbonyl (C=O) groups is 1. The van der Waals surface area contributed by atoms with Crippen molar-refractivity contribution in [2.45, 2.75) is 25.2 Å². The Morgan fingerprint density at radius 2 is 1.95 bits per heavy atom. The van der Waals surface area contributed by atoms with E-state index in [1.54, 1.807) is 11.8 Å². The molecule has 0 aliphatic carbocycles. The summed E-state index contributed by atoms with van der Waals surface area (Å²) in [5.41, 5.74) is 0. The first-order valence-corrected chi connectivity index (χ1v) is 7.16. The van der Waals surface area contributed by atoms with Crippen molar-refractivity contribution in [2.75, 3.05) is 52.9 Å². The molecule has 122 valence electrons. The highest BCUT2D eigenvalue weighted by molar-refractivity contribution is 5.81. The maximum atomic E-state index is 12.5. The highest BCUT2D eigenvalue weighted by Crippen LogP contribution is 2.21. The third kappa shape index (κ3) is 4.55. The van der Waals surface area contributed by atoms with Crippen LogP contribution in [0.15, 0.2) is 0 Å². The van der Waals surface area contributed by atoms with Crippen LogP contribution in [-0.2, 0) is 9.53 Å². The average Bonchev–Trinajstić information content (AvgIpc) is 2.39. The number of carbonyl (C=O) groups excluding carboxylic acids is 1. The summed E-state index contributed by atoms with van der Waals surface area (Å²) in [6, 6.07) is -0.300. The van der Waals surface area contributed by atoms with Gasteiger partial charge < -0.3 is 14.5 Å². The molecule has 0 aromatic carbocycles. The van der Waals surface area contributed by atoms with E-state index in [0.29, 0.717) is 26.2 Å².